The molecule has 1 heterocycles. The summed E-state index contributed by atoms with van der Waals surface area (Å²) in [5, 5.41) is 11.4. The molecular formula is C8H10N2O. The number of hydrogen-bond acceptors (Lipinski definition) is 3. The minimum atomic E-state index is 0.608. The van der Waals surface area contributed by atoms with Crippen molar-refractivity contribution in [2.45, 2.75) is 13.3 Å². The van der Waals surface area contributed by atoms with E-state index in [2.05, 4.69) is 10.1 Å². The van der Waals surface area contributed by atoms with Gasteiger partial charge in [-0.15, -0.1) is 0 Å². The molecule has 0 aliphatic carbocycles. The van der Waals surface area contributed by atoms with Crippen molar-refractivity contribution >= 4 is 5.71 Å². The fourth-order valence-electron chi connectivity index (χ4n) is 0.800. The Morgan fingerprint density at radius 1 is 1.64 bits per heavy atom. The summed E-state index contributed by atoms with van der Waals surface area (Å²) >= 11 is 0. The number of hydrogen-bond donors (Lipinski definition) is 1. The summed E-state index contributed by atoms with van der Waals surface area (Å²) in [6.45, 7) is 1.76. The highest BCUT2D eigenvalue weighted by Gasteiger charge is 1.94. The Bertz CT molecular complexity index is 244. The molecule has 3 heteroatoms. The first-order valence-electron chi connectivity index (χ1n) is 3.40. The highest BCUT2D eigenvalue weighted by Crippen LogP contribution is 1.95. The fourth-order valence-corrected chi connectivity index (χ4v) is 0.800. The van der Waals surface area contributed by atoms with Gasteiger partial charge in [0.1, 0.15) is 0 Å². The molecule has 11 heavy (non-hydrogen) atoms. The van der Waals surface area contributed by atoms with E-state index >= 15 is 0 Å². The molecule has 0 saturated heterocycles. The number of aromatic nitrogens is 1. The van der Waals surface area contributed by atoms with E-state index in [1.54, 1.807) is 13.1 Å². The van der Waals surface area contributed by atoms with Gasteiger partial charge in [0.15, 0.2) is 0 Å². The number of oxime groups is 1. The van der Waals surface area contributed by atoms with Gasteiger partial charge in [-0.3, -0.25) is 4.98 Å². The van der Waals surface area contributed by atoms with Crippen molar-refractivity contribution in [2.24, 2.45) is 5.16 Å². The van der Waals surface area contributed by atoms with E-state index in [9.17, 15) is 0 Å². The van der Waals surface area contributed by atoms with Crippen LogP contribution in [0.2, 0.25) is 0 Å². The summed E-state index contributed by atoms with van der Waals surface area (Å²) in [5.74, 6) is 0. The highest BCUT2D eigenvalue weighted by atomic mass is 16.4. The van der Waals surface area contributed by atoms with Gasteiger partial charge in [-0.2, -0.15) is 0 Å². The standard InChI is InChI=1S/C8H10N2O/c1-7(10-11)6-8-4-2-3-5-9-8/h2-5,11H,6H2,1H3/b10-7+. The van der Waals surface area contributed by atoms with Crippen molar-refractivity contribution < 1.29 is 5.21 Å². The van der Waals surface area contributed by atoms with Crippen LogP contribution in [0.5, 0.6) is 0 Å². The van der Waals surface area contributed by atoms with Crippen LogP contribution in [0.3, 0.4) is 0 Å². The lowest BCUT2D eigenvalue weighted by molar-refractivity contribution is 0.317. The van der Waals surface area contributed by atoms with E-state index in [0.717, 1.165) is 5.69 Å². The van der Waals surface area contributed by atoms with Gasteiger partial charge in [-0.1, -0.05) is 11.2 Å². The van der Waals surface area contributed by atoms with Crippen LogP contribution >= 0.6 is 0 Å². The molecular weight excluding hydrogens is 140 g/mol. The third-order valence-corrected chi connectivity index (χ3v) is 1.33. The van der Waals surface area contributed by atoms with Crippen molar-refractivity contribution in [2.75, 3.05) is 0 Å². The average molecular weight is 150 g/mol. The van der Waals surface area contributed by atoms with E-state index in [1.807, 2.05) is 18.2 Å². The van der Waals surface area contributed by atoms with E-state index in [0.29, 0.717) is 12.1 Å². The monoisotopic (exact) mass is 150 g/mol. The zero-order valence-electron chi connectivity index (χ0n) is 6.36. The van der Waals surface area contributed by atoms with Crippen LogP contribution in [-0.2, 0) is 6.42 Å². The van der Waals surface area contributed by atoms with Gasteiger partial charge >= 0.3 is 0 Å². The summed E-state index contributed by atoms with van der Waals surface area (Å²) in [4.78, 5) is 4.07. The van der Waals surface area contributed by atoms with Gasteiger partial charge in [-0.05, 0) is 19.1 Å². The molecule has 0 radical (unpaired) electrons. The summed E-state index contributed by atoms with van der Waals surface area (Å²) in [6.07, 6.45) is 2.33. The van der Waals surface area contributed by atoms with Crippen molar-refractivity contribution in [3.8, 4) is 0 Å². The molecule has 0 amide bonds. The Kier molecular flexibility index (Phi) is 2.60. The van der Waals surface area contributed by atoms with Gasteiger partial charge in [0.05, 0.1) is 5.71 Å². The first-order chi connectivity index (χ1) is 5.33. The molecule has 1 N–H and O–H groups in total. The van der Waals surface area contributed by atoms with Gasteiger partial charge in [0, 0.05) is 18.3 Å². The molecule has 0 unspecified atom stereocenters. The first-order valence-corrected chi connectivity index (χ1v) is 3.40. The number of nitrogens with zero attached hydrogens (tertiary/aromatic N) is 2. The van der Waals surface area contributed by atoms with Gasteiger partial charge in [0.25, 0.3) is 0 Å². The molecule has 1 rings (SSSR count). The van der Waals surface area contributed by atoms with E-state index in [4.69, 9.17) is 5.21 Å². The van der Waals surface area contributed by atoms with Gasteiger partial charge in [-0.25, -0.2) is 0 Å². The maximum Gasteiger partial charge on any atom is 0.0599 e. The van der Waals surface area contributed by atoms with Crippen LogP contribution in [0.15, 0.2) is 29.6 Å². The summed E-state index contributed by atoms with van der Waals surface area (Å²) in [7, 11) is 0. The number of pyridine rings is 1. The molecule has 0 bridgehead atoms. The van der Waals surface area contributed by atoms with Crippen LogP contribution in [0.1, 0.15) is 12.6 Å². The summed E-state index contributed by atoms with van der Waals surface area (Å²) in [5.41, 5.74) is 1.59. The highest BCUT2D eigenvalue weighted by molar-refractivity contribution is 5.83. The molecule has 0 atom stereocenters. The smallest absolute Gasteiger partial charge is 0.0599 e. The van der Waals surface area contributed by atoms with Crippen LogP contribution in [0.4, 0.5) is 0 Å². The van der Waals surface area contributed by atoms with E-state index in [1.165, 1.54) is 0 Å². The van der Waals surface area contributed by atoms with Crippen molar-refractivity contribution in [3.63, 3.8) is 0 Å². The Labute approximate surface area is 65.4 Å². The fraction of sp³-hybridized carbons (Fsp3) is 0.250. The molecule has 0 fully saturated rings. The van der Waals surface area contributed by atoms with Crippen LogP contribution in [0.25, 0.3) is 0 Å². The Hall–Kier alpha value is -1.38. The average Bonchev–Trinajstić information content (AvgIpc) is 2.06. The normalized spacial score (nSPS) is 11.5. The zero-order valence-corrected chi connectivity index (χ0v) is 6.36. The molecule has 0 aliphatic rings. The maximum atomic E-state index is 8.36. The minimum Gasteiger partial charge on any atom is -0.411 e. The van der Waals surface area contributed by atoms with E-state index < -0.39 is 0 Å². The lowest BCUT2D eigenvalue weighted by Gasteiger charge is -1.95. The Morgan fingerprint density at radius 2 is 2.45 bits per heavy atom. The van der Waals surface area contributed by atoms with Crippen LogP contribution in [0, 0.1) is 0 Å². The van der Waals surface area contributed by atoms with Gasteiger partial charge < -0.3 is 5.21 Å². The van der Waals surface area contributed by atoms with Crippen molar-refractivity contribution in [1.29, 1.82) is 0 Å². The zero-order chi connectivity index (χ0) is 8.10. The topological polar surface area (TPSA) is 45.5 Å². The summed E-state index contributed by atoms with van der Waals surface area (Å²) < 4.78 is 0. The molecule has 0 aliphatic heterocycles. The SMILES string of the molecule is C/C(Cc1ccccn1)=N\O. The molecule has 0 saturated carbocycles. The molecule has 0 aromatic carbocycles. The molecule has 1 aromatic rings. The van der Waals surface area contributed by atoms with Crippen LogP contribution < -0.4 is 0 Å². The lowest BCUT2D eigenvalue weighted by Crippen LogP contribution is -1.98. The predicted molar refractivity (Wildman–Crippen MR) is 42.8 cm³/mol. The van der Waals surface area contributed by atoms with Crippen molar-refractivity contribution in [3.05, 3.63) is 30.1 Å². The largest absolute Gasteiger partial charge is 0.411 e. The van der Waals surface area contributed by atoms with Gasteiger partial charge in [0.2, 0.25) is 0 Å². The third-order valence-electron chi connectivity index (χ3n) is 1.33. The van der Waals surface area contributed by atoms with E-state index in [-0.39, 0.29) is 0 Å². The Morgan fingerprint density at radius 3 is 3.00 bits per heavy atom. The minimum absolute atomic E-state index is 0.608. The predicted octanol–water partition coefficient (Wildman–Crippen LogP) is 1.47. The first kappa shape index (κ1) is 7.72. The number of rotatable bonds is 2. The molecule has 0 spiro atoms. The second kappa shape index (κ2) is 3.71. The maximum absolute atomic E-state index is 8.36. The summed E-state index contributed by atoms with van der Waals surface area (Å²) in [6, 6.07) is 5.66. The second-order valence-electron chi connectivity index (χ2n) is 2.33. The lowest BCUT2D eigenvalue weighted by atomic mass is 10.2. The Balaban J connectivity index is 2.65. The molecule has 1 aromatic heterocycles. The second-order valence-corrected chi connectivity index (χ2v) is 2.33. The van der Waals surface area contributed by atoms with Crippen LogP contribution in [-0.4, -0.2) is 15.9 Å². The van der Waals surface area contributed by atoms with Crippen molar-refractivity contribution in [1.82, 2.24) is 4.98 Å². The quantitative estimate of drug-likeness (QED) is 0.394. The molecule has 58 valence electrons. The molecule has 3 nitrogen and oxygen atoms in total. The third kappa shape index (κ3) is 2.37.